The number of nitrogens with two attached hydrogens (primary N) is 1. The topological polar surface area (TPSA) is 75.3 Å². The first-order valence-corrected chi connectivity index (χ1v) is 6.03. The average Bonchev–Trinajstić information content (AvgIpc) is 2.39. The number of nitrogens with one attached hydrogen (secondary N) is 1. The van der Waals surface area contributed by atoms with E-state index < -0.39 is 40.2 Å². The van der Waals surface area contributed by atoms with Gasteiger partial charge in [0, 0.05) is 0 Å². The van der Waals surface area contributed by atoms with Gasteiger partial charge in [-0.05, 0) is 19.4 Å². The molecule has 0 aliphatic heterocycles. The molecule has 1 amide bonds. The zero-order valence-electron chi connectivity index (χ0n) is 10.8. The maximum absolute atomic E-state index is 13.6. The van der Waals surface area contributed by atoms with Gasteiger partial charge in [0.25, 0.3) is 5.91 Å². The summed E-state index contributed by atoms with van der Waals surface area (Å²) in [5.41, 5.74) is 3.52. The predicted molar refractivity (Wildman–Crippen MR) is 70.9 cm³/mol. The van der Waals surface area contributed by atoms with Crippen LogP contribution in [-0.2, 0) is 0 Å². The second-order valence-corrected chi connectivity index (χ2v) is 4.83. The lowest BCUT2D eigenvalue weighted by Crippen LogP contribution is -2.54. The fourth-order valence-electron chi connectivity index (χ4n) is 1.40. The fraction of sp³-hybridized carbons (Fsp3) is 0.333. The molecule has 0 radical (unpaired) electrons. The first-order valence-electron chi connectivity index (χ1n) is 5.63. The first-order chi connectivity index (χ1) is 9.14. The third kappa shape index (κ3) is 2.84. The molecule has 8 heteroatoms. The third-order valence-electron chi connectivity index (χ3n) is 3.02. The van der Waals surface area contributed by atoms with Gasteiger partial charge in [0.2, 0.25) is 5.82 Å². The maximum atomic E-state index is 13.6. The number of carbonyl (C=O) groups is 1. The van der Waals surface area contributed by atoms with Crippen LogP contribution in [0.4, 0.5) is 13.2 Å². The lowest BCUT2D eigenvalue weighted by Gasteiger charge is -2.28. The molecular weight excluding hydrogens is 293 g/mol. The van der Waals surface area contributed by atoms with Gasteiger partial charge < -0.3 is 16.2 Å². The minimum atomic E-state index is -1.76. The Kier molecular flexibility index (Phi) is 4.59. The van der Waals surface area contributed by atoms with E-state index in [9.17, 15) is 18.0 Å². The maximum Gasteiger partial charge on any atom is 0.255 e. The fourth-order valence-corrected chi connectivity index (χ4v) is 1.59. The number of aromatic hydroxyl groups is 1. The largest absolute Gasteiger partial charge is 0.503 e. The van der Waals surface area contributed by atoms with Crippen molar-refractivity contribution in [3.05, 3.63) is 29.1 Å². The summed E-state index contributed by atoms with van der Waals surface area (Å²) in [6.45, 7) is 3.18. The lowest BCUT2D eigenvalue weighted by molar-refractivity contribution is 0.0920. The minimum absolute atomic E-state index is 0.0411. The van der Waals surface area contributed by atoms with Crippen LogP contribution in [0.15, 0.2) is 6.07 Å². The molecule has 110 valence electrons. The van der Waals surface area contributed by atoms with Crippen LogP contribution in [-0.4, -0.2) is 21.5 Å². The van der Waals surface area contributed by atoms with Gasteiger partial charge in [-0.1, -0.05) is 19.1 Å². The molecule has 4 nitrogen and oxygen atoms in total. The van der Waals surface area contributed by atoms with Gasteiger partial charge in [-0.3, -0.25) is 4.79 Å². The van der Waals surface area contributed by atoms with Crippen molar-refractivity contribution in [2.45, 2.75) is 25.8 Å². The molecule has 0 aromatic heterocycles. The molecule has 0 aliphatic carbocycles. The van der Waals surface area contributed by atoms with E-state index in [2.05, 4.69) is 5.32 Å². The first kappa shape index (κ1) is 16.2. The number of benzene rings is 1. The second-order valence-electron chi connectivity index (χ2n) is 4.39. The molecule has 0 aliphatic rings. The van der Waals surface area contributed by atoms with Gasteiger partial charge in [0.15, 0.2) is 17.4 Å². The zero-order valence-corrected chi connectivity index (χ0v) is 11.6. The quantitative estimate of drug-likeness (QED) is 0.587. The summed E-state index contributed by atoms with van der Waals surface area (Å²) in [4.78, 5) is 11.9. The molecular formula is C12H13F3N2O2S. The van der Waals surface area contributed by atoms with E-state index in [4.69, 9.17) is 23.1 Å². The highest BCUT2D eigenvalue weighted by Crippen LogP contribution is 2.26. The molecule has 4 N–H and O–H groups in total. The van der Waals surface area contributed by atoms with Gasteiger partial charge >= 0.3 is 0 Å². The van der Waals surface area contributed by atoms with Crippen LogP contribution in [0, 0.1) is 17.5 Å². The number of phenolic OH excluding ortho intramolecular Hbond substituents is 1. The highest BCUT2D eigenvalue weighted by molar-refractivity contribution is 7.80. The smallest absolute Gasteiger partial charge is 0.255 e. The number of hydrogen-bond donors (Lipinski definition) is 3. The highest BCUT2D eigenvalue weighted by atomic mass is 32.1. The molecule has 20 heavy (non-hydrogen) atoms. The van der Waals surface area contributed by atoms with E-state index >= 15 is 0 Å². The van der Waals surface area contributed by atoms with Gasteiger partial charge in [-0.15, -0.1) is 0 Å². The summed E-state index contributed by atoms with van der Waals surface area (Å²) in [5, 5.41) is 11.4. The number of rotatable bonds is 4. The van der Waals surface area contributed by atoms with Crippen molar-refractivity contribution >= 4 is 23.1 Å². The van der Waals surface area contributed by atoms with Gasteiger partial charge in [-0.25, -0.2) is 8.78 Å². The molecule has 1 rings (SSSR count). The lowest BCUT2D eigenvalue weighted by atomic mass is 9.98. The summed E-state index contributed by atoms with van der Waals surface area (Å²) >= 11 is 4.79. The Morgan fingerprint density at radius 1 is 1.45 bits per heavy atom. The van der Waals surface area contributed by atoms with Gasteiger partial charge in [0.1, 0.15) is 0 Å². The normalized spacial score (nSPS) is 13.7. The molecule has 0 saturated heterocycles. The Balaban J connectivity index is 3.20. The summed E-state index contributed by atoms with van der Waals surface area (Å²) in [7, 11) is 0. The van der Waals surface area contributed by atoms with Crippen molar-refractivity contribution in [1.82, 2.24) is 5.32 Å². The Morgan fingerprint density at radius 3 is 2.45 bits per heavy atom. The zero-order chi connectivity index (χ0) is 15.7. The molecule has 0 bridgehead atoms. The Labute approximate surface area is 118 Å². The van der Waals surface area contributed by atoms with Crippen LogP contribution in [0.5, 0.6) is 5.75 Å². The van der Waals surface area contributed by atoms with Crippen LogP contribution in [0.2, 0.25) is 0 Å². The SMILES string of the molecule is CCC(C)(NC(=O)c1cc(F)c(F)c(O)c1F)C(N)=S. The van der Waals surface area contributed by atoms with E-state index in [1.165, 1.54) is 6.92 Å². The summed E-state index contributed by atoms with van der Waals surface area (Å²) < 4.78 is 39.6. The number of hydrogen-bond acceptors (Lipinski definition) is 3. The monoisotopic (exact) mass is 306 g/mol. The van der Waals surface area contributed by atoms with Crippen molar-refractivity contribution < 1.29 is 23.1 Å². The van der Waals surface area contributed by atoms with Gasteiger partial charge in [0.05, 0.1) is 16.1 Å². The molecule has 0 heterocycles. The van der Waals surface area contributed by atoms with E-state index in [1.54, 1.807) is 6.92 Å². The van der Waals surface area contributed by atoms with Crippen molar-refractivity contribution in [3.8, 4) is 5.75 Å². The van der Waals surface area contributed by atoms with E-state index in [1.807, 2.05) is 0 Å². The Hall–Kier alpha value is -1.83. The molecule has 0 saturated carbocycles. The standard InChI is InChI=1S/C12H13F3N2O2S/c1-3-12(2,11(16)20)17-10(19)5-4-6(13)8(15)9(18)7(5)14/h4,18H,3H2,1-2H3,(H2,16,20)(H,17,19). The van der Waals surface area contributed by atoms with Crippen molar-refractivity contribution in [2.24, 2.45) is 5.73 Å². The van der Waals surface area contributed by atoms with E-state index in [-0.39, 0.29) is 4.99 Å². The predicted octanol–water partition coefficient (Wildman–Crippen LogP) is 1.99. The molecule has 1 aromatic rings. The number of carbonyl (C=O) groups excluding carboxylic acids is 1. The summed E-state index contributed by atoms with van der Waals surface area (Å²) in [6.07, 6.45) is 0.311. The number of amides is 1. The van der Waals surface area contributed by atoms with Crippen molar-refractivity contribution in [1.29, 1.82) is 0 Å². The third-order valence-corrected chi connectivity index (χ3v) is 3.47. The molecule has 1 unspecified atom stereocenters. The van der Waals surface area contributed by atoms with E-state index in [0.29, 0.717) is 12.5 Å². The van der Waals surface area contributed by atoms with Crippen LogP contribution in [0.25, 0.3) is 0 Å². The molecule has 1 aromatic carbocycles. The number of phenols is 1. The summed E-state index contributed by atoms with van der Waals surface area (Å²) in [5.74, 6) is -7.46. The molecule has 1 atom stereocenters. The van der Waals surface area contributed by atoms with Gasteiger partial charge in [-0.2, -0.15) is 4.39 Å². The second kappa shape index (κ2) is 5.66. The minimum Gasteiger partial charge on any atom is -0.503 e. The van der Waals surface area contributed by atoms with Crippen molar-refractivity contribution in [2.75, 3.05) is 0 Å². The van der Waals surface area contributed by atoms with Crippen LogP contribution >= 0.6 is 12.2 Å². The molecule has 0 fully saturated rings. The van der Waals surface area contributed by atoms with E-state index in [0.717, 1.165) is 0 Å². The number of thiocarbonyl (C=S) groups is 1. The van der Waals surface area contributed by atoms with Crippen LogP contribution in [0.1, 0.15) is 30.6 Å². The average molecular weight is 306 g/mol. The Morgan fingerprint density at radius 2 is 2.00 bits per heavy atom. The number of halogens is 3. The van der Waals surface area contributed by atoms with Crippen LogP contribution in [0.3, 0.4) is 0 Å². The highest BCUT2D eigenvalue weighted by Gasteiger charge is 2.30. The Bertz CT molecular complexity index is 580. The van der Waals surface area contributed by atoms with Crippen LogP contribution < -0.4 is 11.1 Å². The van der Waals surface area contributed by atoms with Crippen molar-refractivity contribution in [3.63, 3.8) is 0 Å². The molecule has 0 spiro atoms. The summed E-state index contributed by atoms with van der Waals surface area (Å²) in [6, 6.07) is 0.357.